The Kier molecular flexibility index (Phi) is 5.58. The van der Waals surface area contributed by atoms with Crippen LogP contribution < -0.4 is 0 Å². The minimum absolute atomic E-state index is 0.170. The van der Waals surface area contributed by atoms with Crippen LogP contribution >= 0.6 is 11.9 Å². The van der Waals surface area contributed by atoms with Crippen LogP contribution in [0.25, 0.3) is 0 Å². The van der Waals surface area contributed by atoms with Crippen molar-refractivity contribution in [1.29, 1.82) is 0 Å². The van der Waals surface area contributed by atoms with E-state index in [1.165, 1.54) is 0 Å². The number of rotatable bonds is 5. The first kappa shape index (κ1) is 19.6. The zero-order chi connectivity index (χ0) is 17.4. The average Bonchev–Trinajstić information content (AvgIpc) is 2.38. The topological polar surface area (TPSA) is 15.7 Å². The van der Waals surface area contributed by atoms with Crippen molar-refractivity contribution in [2.75, 3.05) is 33.2 Å². The van der Waals surface area contributed by atoms with Gasteiger partial charge in [0, 0.05) is 38.1 Å². The summed E-state index contributed by atoms with van der Waals surface area (Å²) in [7, 11) is 1.61. The van der Waals surface area contributed by atoms with Gasteiger partial charge >= 0.3 is 23.2 Å². The standard InChI is InChI=1S/C9H11F9N2OS/c1-19-2-4-20(5-3-19)22-9(16,17)7(12,21-18)6(10,11)8(13,14)15/h2-5H2,1H3. The van der Waals surface area contributed by atoms with Gasteiger partial charge in [0.15, 0.2) is 0 Å². The highest BCUT2D eigenvalue weighted by molar-refractivity contribution is 7.98. The molecule has 3 nitrogen and oxygen atoms in total. The highest BCUT2D eigenvalue weighted by Crippen LogP contribution is 2.57. The van der Waals surface area contributed by atoms with Crippen molar-refractivity contribution >= 4 is 11.9 Å². The summed E-state index contributed by atoms with van der Waals surface area (Å²) in [6.07, 6.45) is -6.76. The molecule has 0 amide bonds. The van der Waals surface area contributed by atoms with Crippen LogP contribution in [0.3, 0.4) is 0 Å². The van der Waals surface area contributed by atoms with Crippen molar-refractivity contribution in [2.45, 2.75) is 23.2 Å². The van der Waals surface area contributed by atoms with Gasteiger partial charge in [0.1, 0.15) is 0 Å². The average molecular weight is 366 g/mol. The number of hydrogen-bond donors (Lipinski definition) is 0. The SMILES string of the molecule is CN1CCN(SC(F)(F)C(F)(OF)C(F)(F)C(F)(F)F)CC1. The van der Waals surface area contributed by atoms with Gasteiger partial charge in [-0.1, -0.05) is 0 Å². The third kappa shape index (κ3) is 3.41. The number of alkyl halides is 8. The fourth-order valence-electron chi connectivity index (χ4n) is 1.56. The Bertz CT molecular complexity index is 386. The van der Waals surface area contributed by atoms with E-state index in [2.05, 4.69) is 0 Å². The van der Waals surface area contributed by atoms with E-state index in [0.29, 0.717) is 4.31 Å². The number of piperazine rings is 1. The molecule has 1 atom stereocenters. The molecule has 0 aliphatic carbocycles. The molecule has 1 heterocycles. The number of halogens is 9. The van der Waals surface area contributed by atoms with Gasteiger partial charge in [0.25, 0.3) is 0 Å². The van der Waals surface area contributed by atoms with Crippen LogP contribution in [-0.2, 0) is 4.94 Å². The van der Waals surface area contributed by atoms with E-state index in [1.54, 1.807) is 11.9 Å². The molecule has 0 aromatic rings. The Balaban J connectivity index is 3.00. The Labute approximate surface area is 123 Å². The molecule has 1 aliphatic rings. The van der Waals surface area contributed by atoms with Crippen LogP contribution in [0.2, 0.25) is 0 Å². The minimum atomic E-state index is -6.76. The summed E-state index contributed by atoms with van der Waals surface area (Å²) in [6.45, 7) is 0.0381. The molecule has 1 fully saturated rings. The Morgan fingerprint density at radius 3 is 1.68 bits per heavy atom. The van der Waals surface area contributed by atoms with Crippen molar-refractivity contribution < 1.29 is 44.6 Å². The van der Waals surface area contributed by atoms with Crippen molar-refractivity contribution in [3.05, 3.63) is 0 Å². The molecule has 0 saturated carbocycles. The zero-order valence-corrected chi connectivity index (χ0v) is 11.8. The summed E-state index contributed by atoms with van der Waals surface area (Å²) >= 11 is -0.947. The van der Waals surface area contributed by atoms with E-state index < -0.39 is 35.2 Å². The molecule has 1 saturated heterocycles. The fraction of sp³-hybridized carbons (Fsp3) is 1.00. The Morgan fingerprint density at radius 2 is 1.32 bits per heavy atom. The minimum Gasteiger partial charge on any atom is -0.304 e. The molecular weight excluding hydrogens is 355 g/mol. The molecule has 132 valence electrons. The third-order valence-electron chi connectivity index (χ3n) is 2.95. The monoisotopic (exact) mass is 366 g/mol. The summed E-state index contributed by atoms with van der Waals surface area (Å²) < 4.78 is 115. The normalized spacial score (nSPS) is 22.6. The van der Waals surface area contributed by atoms with Crippen LogP contribution in [0.15, 0.2) is 0 Å². The van der Waals surface area contributed by atoms with Gasteiger partial charge in [0.2, 0.25) is 0 Å². The molecule has 0 bridgehead atoms. The van der Waals surface area contributed by atoms with Gasteiger partial charge in [0.05, 0.1) is 0 Å². The van der Waals surface area contributed by atoms with Gasteiger partial charge in [-0.05, 0) is 11.6 Å². The Morgan fingerprint density at radius 1 is 0.864 bits per heavy atom. The maximum atomic E-state index is 13.6. The maximum absolute atomic E-state index is 13.6. The second-order valence-electron chi connectivity index (χ2n) is 4.58. The molecule has 0 N–H and O–H groups in total. The molecular formula is C9H11F9N2OS. The fourth-order valence-corrected chi connectivity index (χ4v) is 2.51. The van der Waals surface area contributed by atoms with Crippen molar-refractivity contribution in [1.82, 2.24) is 9.21 Å². The summed E-state index contributed by atoms with van der Waals surface area (Å²) in [5.41, 5.74) is 0. The summed E-state index contributed by atoms with van der Waals surface area (Å²) in [5.74, 6) is -12.9. The molecule has 13 heteroatoms. The molecule has 0 spiro atoms. The van der Waals surface area contributed by atoms with Crippen LogP contribution in [0.4, 0.5) is 39.6 Å². The molecule has 22 heavy (non-hydrogen) atoms. The largest absolute Gasteiger partial charge is 0.459 e. The van der Waals surface area contributed by atoms with E-state index in [-0.39, 0.29) is 26.2 Å². The highest BCUT2D eigenvalue weighted by atomic mass is 32.2. The van der Waals surface area contributed by atoms with E-state index in [1.807, 2.05) is 4.94 Å². The van der Waals surface area contributed by atoms with Gasteiger partial charge in [-0.25, -0.2) is 4.31 Å². The lowest BCUT2D eigenvalue weighted by molar-refractivity contribution is -0.458. The van der Waals surface area contributed by atoms with Gasteiger partial charge in [-0.3, -0.25) is 0 Å². The molecule has 1 aliphatic heterocycles. The number of likely N-dealkylation sites (N-methyl/N-ethyl adjacent to an activating group) is 1. The van der Waals surface area contributed by atoms with E-state index >= 15 is 0 Å². The lowest BCUT2D eigenvalue weighted by Gasteiger charge is -2.39. The lowest BCUT2D eigenvalue weighted by atomic mass is 10.1. The third-order valence-corrected chi connectivity index (χ3v) is 4.06. The second kappa shape index (κ2) is 6.24. The first-order valence-corrected chi connectivity index (χ1v) is 6.49. The highest BCUT2D eigenvalue weighted by Gasteiger charge is 2.83. The first-order valence-electron chi connectivity index (χ1n) is 5.72. The summed E-state index contributed by atoms with van der Waals surface area (Å²) in [6, 6.07) is 0. The van der Waals surface area contributed by atoms with E-state index in [9.17, 15) is 39.6 Å². The Hall–Kier alpha value is -0.400. The predicted octanol–water partition coefficient (Wildman–Crippen LogP) is 3.24. The number of hydrogen-bond acceptors (Lipinski definition) is 4. The first-order chi connectivity index (χ1) is 9.78. The number of nitrogens with zero attached hydrogens (tertiary/aromatic N) is 2. The van der Waals surface area contributed by atoms with Gasteiger partial charge in [-0.15, -0.1) is 4.94 Å². The predicted molar refractivity (Wildman–Crippen MR) is 58.6 cm³/mol. The van der Waals surface area contributed by atoms with Crippen LogP contribution in [0, 0.1) is 0 Å². The van der Waals surface area contributed by atoms with Crippen LogP contribution in [0.5, 0.6) is 0 Å². The van der Waals surface area contributed by atoms with Gasteiger partial charge in [-0.2, -0.15) is 35.1 Å². The van der Waals surface area contributed by atoms with E-state index in [0.717, 1.165) is 0 Å². The molecule has 1 unspecified atom stereocenters. The van der Waals surface area contributed by atoms with Crippen molar-refractivity contribution in [3.8, 4) is 0 Å². The molecule has 0 aromatic heterocycles. The van der Waals surface area contributed by atoms with Gasteiger partial charge < -0.3 is 4.90 Å². The quantitative estimate of drug-likeness (QED) is 0.548. The lowest BCUT2D eigenvalue weighted by Crippen LogP contribution is -2.63. The van der Waals surface area contributed by atoms with E-state index in [4.69, 9.17) is 0 Å². The van der Waals surface area contributed by atoms with Crippen LogP contribution in [-0.4, -0.2) is 65.6 Å². The smallest absolute Gasteiger partial charge is 0.304 e. The zero-order valence-electron chi connectivity index (χ0n) is 10.9. The molecule has 0 radical (unpaired) electrons. The molecule has 0 aromatic carbocycles. The maximum Gasteiger partial charge on any atom is 0.459 e. The summed E-state index contributed by atoms with van der Waals surface area (Å²) in [5, 5.41) is -5.52. The van der Waals surface area contributed by atoms with Crippen LogP contribution in [0.1, 0.15) is 0 Å². The van der Waals surface area contributed by atoms with Crippen molar-refractivity contribution in [3.63, 3.8) is 0 Å². The summed E-state index contributed by atoms with van der Waals surface area (Å²) in [4.78, 5) is 3.47. The van der Waals surface area contributed by atoms with Crippen molar-refractivity contribution in [2.24, 2.45) is 0 Å². The molecule has 1 rings (SSSR count). The second-order valence-corrected chi connectivity index (χ2v) is 5.80.